The van der Waals surface area contributed by atoms with Gasteiger partial charge in [0.2, 0.25) is 0 Å². The van der Waals surface area contributed by atoms with Gasteiger partial charge in [0.25, 0.3) is 15.9 Å². The van der Waals surface area contributed by atoms with Gasteiger partial charge in [-0.3, -0.25) is 9.10 Å². The lowest BCUT2D eigenvalue weighted by atomic mass is 10.2. The molecule has 39 heavy (non-hydrogen) atoms. The molecule has 0 atom stereocenters. The van der Waals surface area contributed by atoms with Gasteiger partial charge in [0.1, 0.15) is 18.1 Å². The number of hydrogen-bond acceptors (Lipinski definition) is 5. The van der Waals surface area contributed by atoms with E-state index in [9.17, 15) is 17.6 Å². The third-order valence-corrected chi connectivity index (χ3v) is 7.78. The highest BCUT2D eigenvalue weighted by Crippen LogP contribution is 2.32. The van der Waals surface area contributed by atoms with Crippen molar-refractivity contribution in [3.05, 3.63) is 108 Å². The van der Waals surface area contributed by atoms with Crippen LogP contribution in [0.1, 0.15) is 23.9 Å². The predicted octanol–water partition coefficient (Wildman–Crippen LogP) is 4.98. The van der Waals surface area contributed by atoms with E-state index in [0.29, 0.717) is 23.6 Å². The normalized spacial score (nSPS) is 11.5. The van der Waals surface area contributed by atoms with E-state index in [-0.39, 0.29) is 16.4 Å². The highest BCUT2D eigenvalue weighted by Gasteiger charge is 2.29. The van der Waals surface area contributed by atoms with Gasteiger partial charge in [0.15, 0.2) is 0 Å². The molecule has 1 aromatic heterocycles. The summed E-state index contributed by atoms with van der Waals surface area (Å²) >= 11 is 0. The van der Waals surface area contributed by atoms with Crippen LogP contribution in [-0.2, 0) is 14.8 Å². The van der Waals surface area contributed by atoms with E-state index in [1.54, 1.807) is 72.2 Å². The minimum absolute atomic E-state index is 0.0354. The fraction of sp³-hybridized carbons (Fsp3) is 0.172. The average molecular weight is 549 g/mol. The molecule has 0 spiro atoms. The number of aromatic nitrogens is 1. The van der Waals surface area contributed by atoms with Crippen molar-refractivity contribution in [3.63, 3.8) is 0 Å². The number of rotatable bonds is 10. The van der Waals surface area contributed by atoms with Crippen LogP contribution in [-0.4, -0.2) is 38.3 Å². The summed E-state index contributed by atoms with van der Waals surface area (Å²) < 4.78 is 50.0. The zero-order chi connectivity index (χ0) is 28.0. The lowest BCUT2D eigenvalue weighted by Gasteiger charge is -2.25. The molecule has 3 aromatic carbocycles. The Morgan fingerprint density at radius 1 is 1.03 bits per heavy atom. The molecule has 0 saturated heterocycles. The van der Waals surface area contributed by atoms with Crippen LogP contribution in [0.5, 0.6) is 5.75 Å². The van der Waals surface area contributed by atoms with Crippen molar-refractivity contribution in [1.82, 2.24) is 9.99 Å². The molecule has 0 fully saturated rings. The number of carbonyl (C=O) groups is 1. The number of nitrogens with zero attached hydrogens (tertiary/aromatic N) is 3. The summed E-state index contributed by atoms with van der Waals surface area (Å²) in [7, 11) is -4.11. The van der Waals surface area contributed by atoms with Crippen molar-refractivity contribution in [1.29, 1.82) is 0 Å². The molecule has 4 rings (SSSR count). The number of nitrogens with one attached hydrogen (secondary N) is 1. The van der Waals surface area contributed by atoms with Crippen molar-refractivity contribution < 1.29 is 22.3 Å². The second-order valence-corrected chi connectivity index (χ2v) is 10.5. The summed E-state index contributed by atoms with van der Waals surface area (Å²) in [4.78, 5) is 13.0. The van der Waals surface area contributed by atoms with Gasteiger partial charge < -0.3 is 9.30 Å². The fourth-order valence-electron chi connectivity index (χ4n) is 4.22. The quantitative estimate of drug-likeness (QED) is 0.224. The van der Waals surface area contributed by atoms with Gasteiger partial charge in [-0.25, -0.2) is 18.2 Å². The topological polar surface area (TPSA) is 93.0 Å². The van der Waals surface area contributed by atoms with Crippen LogP contribution in [0, 0.1) is 19.7 Å². The van der Waals surface area contributed by atoms with E-state index in [2.05, 4.69) is 10.5 Å². The van der Waals surface area contributed by atoms with E-state index < -0.39 is 22.5 Å². The summed E-state index contributed by atoms with van der Waals surface area (Å²) in [5.74, 6) is -0.681. The second kappa shape index (κ2) is 12.0. The van der Waals surface area contributed by atoms with Crippen LogP contribution in [0.15, 0.2) is 94.9 Å². The Morgan fingerprint density at radius 2 is 1.69 bits per heavy atom. The maximum atomic E-state index is 14.4. The van der Waals surface area contributed by atoms with Crippen molar-refractivity contribution in [2.45, 2.75) is 25.7 Å². The van der Waals surface area contributed by atoms with Crippen LogP contribution >= 0.6 is 0 Å². The second-order valence-electron chi connectivity index (χ2n) is 8.63. The number of halogens is 1. The van der Waals surface area contributed by atoms with Gasteiger partial charge in [0.05, 0.1) is 29.1 Å². The van der Waals surface area contributed by atoms with Gasteiger partial charge in [-0.15, -0.1) is 0 Å². The third-order valence-electron chi connectivity index (χ3n) is 6.01. The zero-order valence-corrected chi connectivity index (χ0v) is 22.7. The fourth-order valence-corrected chi connectivity index (χ4v) is 5.67. The monoisotopic (exact) mass is 548 g/mol. The number of amides is 1. The highest BCUT2D eigenvalue weighted by molar-refractivity contribution is 7.92. The third kappa shape index (κ3) is 6.01. The summed E-state index contributed by atoms with van der Waals surface area (Å²) in [5, 5.41) is 4.05. The zero-order valence-electron chi connectivity index (χ0n) is 21.8. The van der Waals surface area contributed by atoms with Gasteiger partial charge in [-0.05, 0) is 63.2 Å². The van der Waals surface area contributed by atoms with Gasteiger partial charge in [-0.2, -0.15) is 5.10 Å². The van der Waals surface area contributed by atoms with Crippen LogP contribution in [0.3, 0.4) is 0 Å². The summed E-state index contributed by atoms with van der Waals surface area (Å²) in [6.07, 6.45) is 1.45. The summed E-state index contributed by atoms with van der Waals surface area (Å²) in [6, 6.07) is 22.8. The molecule has 0 aliphatic rings. The summed E-state index contributed by atoms with van der Waals surface area (Å²) in [6.45, 7) is 5.24. The molecule has 0 bridgehead atoms. The first-order chi connectivity index (χ1) is 18.7. The van der Waals surface area contributed by atoms with E-state index in [1.807, 2.05) is 19.9 Å². The number of anilines is 1. The smallest absolute Gasteiger partial charge is 0.264 e. The minimum atomic E-state index is -4.11. The molecular weight excluding hydrogens is 519 g/mol. The maximum Gasteiger partial charge on any atom is 0.264 e. The standard InChI is InChI=1S/C29H29FN4O4S/c1-4-38-28-17-11-10-16-27(28)33(39(36,37)24-12-6-5-7-13-24)20-29(35)32-31-19-23-18-21(2)34(22(23)3)26-15-9-8-14-25(26)30/h5-19H,4,20H2,1-3H3,(H,32,35)/b31-19-. The average Bonchev–Trinajstić information content (AvgIpc) is 3.21. The number of para-hydroxylation sites is 3. The van der Waals surface area contributed by atoms with Crippen LogP contribution in [0.2, 0.25) is 0 Å². The lowest BCUT2D eigenvalue weighted by Crippen LogP contribution is -2.39. The molecule has 202 valence electrons. The van der Waals surface area contributed by atoms with Crippen LogP contribution in [0.25, 0.3) is 5.69 Å². The molecule has 0 aliphatic heterocycles. The Morgan fingerprint density at radius 3 is 2.41 bits per heavy atom. The van der Waals surface area contributed by atoms with Crippen molar-refractivity contribution in [3.8, 4) is 11.4 Å². The summed E-state index contributed by atoms with van der Waals surface area (Å²) in [5.41, 5.74) is 5.25. The van der Waals surface area contributed by atoms with Crippen molar-refractivity contribution in [2.24, 2.45) is 5.10 Å². The molecule has 1 amide bonds. The van der Waals surface area contributed by atoms with E-state index >= 15 is 0 Å². The number of hydrogen-bond donors (Lipinski definition) is 1. The number of benzene rings is 3. The van der Waals surface area contributed by atoms with E-state index in [4.69, 9.17) is 4.74 Å². The molecule has 0 unspecified atom stereocenters. The molecular formula is C29H29FN4O4S. The Bertz CT molecular complexity index is 1600. The molecule has 0 saturated carbocycles. The lowest BCUT2D eigenvalue weighted by molar-refractivity contribution is -0.119. The molecule has 1 N–H and O–H groups in total. The van der Waals surface area contributed by atoms with E-state index in [0.717, 1.165) is 15.7 Å². The number of aryl methyl sites for hydroxylation is 1. The Labute approximate surface area is 227 Å². The van der Waals surface area contributed by atoms with Gasteiger partial charge in [0, 0.05) is 17.0 Å². The molecule has 0 aliphatic carbocycles. The number of sulfonamides is 1. The molecule has 8 nitrogen and oxygen atoms in total. The van der Waals surface area contributed by atoms with E-state index in [1.165, 1.54) is 24.4 Å². The minimum Gasteiger partial charge on any atom is -0.492 e. The largest absolute Gasteiger partial charge is 0.492 e. The number of hydrazone groups is 1. The molecule has 10 heteroatoms. The predicted molar refractivity (Wildman–Crippen MR) is 150 cm³/mol. The number of ether oxygens (including phenoxy) is 1. The first-order valence-corrected chi connectivity index (χ1v) is 13.7. The molecule has 0 radical (unpaired) electrons. The number of carbonyl (C=O) groups excluding carboxylic acids is 1. The molecule has 1 heterocycles. The van der Waals surface area contributed by atoms with Crippen molar-refractivity contribution >= 4 is 27.8 Å². The Balaban J connectivity index is 1.59. The SMILES string of the molecule is CCOc1ccccc1N(CC(=O)N/N=C\c1cc(C)n(-c2ccccc2F)c1C)S(=O)(=O)c1ccccc1. The molecule has 4 aromatic rings. The Kier molecular flexibility index (Phi) is 8.46. The Hall–Kier alpha value is -4.44. The van der Waals surface area contributed by atoms with Gasteiger partial charge >= 0.3 is 0 Å². The van der Waals surface area contributed by atoms with Gasteiger partial charge in [-0.1, -0.05) is 42.5 Å². The van der Waals surface area contributed by atoms with Crippen LogP contribution < -0.4 is 14.5 Å². The van der Waals surface area contributed by atoms with Crippen LogP contribution in [0.4, 0.5) is 10.1 Å². The van der Waals surface area contributed by atoms with Crippen molar-refractivity contribution in [2.75, 3.05) is 17.5 Å². The first-order valence-electron chi connectivity index (χ1n) is 12.3. The first kappa shape index (κ1) is 27.6. The maximum absolute atomic E-state index is 14.4. The highest BCUT2D eigenvalue weighted by atomic mass is 32.2.